The summed E-state index contributed by atoms with van der Waals surface area (Å²) in [4.78, 5) is 11.3. The lowest BCUT2D eigenvalue weighted by atomic mass is 10.2. The maximum atomic E-state index is 11.3. The lowest BCUT2D eigenvalue weighted by molar-refractivity contribution is -0.143. The number of hydrogen-bond acceptors (Lipinski definition) is 4. The number of aromatic nitrogens is 2. The van der Waals surface area contributed by atoms with Crippen LogP contribution in [-0.4, -0.2) is 22.9 Å². The monoisotopic (exact) mass is 217 g/mol. The second kappa shape index (κ2) is 3.98. The third kappa shape index (κ3) is 1.60. The van der Waals surface area contributed by atoms with Crippen molar-refractivity contribution in [3.63, 3.8) is 0 Å². The predicted molar refractivity (Wildman–Crippen MR) is 52.1 cm³/mol. The Labute approximate surface area is 87.8 Å². The van der Waals surface area contributed by atoms with Gasteiger partial charge in [-0.3, -0.25) is 10.00 Å². The number of esters is 1. The van der Waals surface area contributed by atoms with E-state index in [1.54, 1.807) is 4.68 Å². The van der Waals surface area contributed by atoms with Crippen LogP contribution in [0.1, 0.15) is 17.3 Å². The molecule has 0 spiro atoms. The van der Waals surface area contributed by atoms with Gasteiger partial charge < -0.3 is 4.74 Å². The first-order chi connectivity index (χ1) is 6.22. The van der Waals surface area contributed by atoms with Gasteiger partial charge in [0.15, 0.2) is 0 Å². The van der Waals surface area contributed by atoms with Gasteiger partial charge in [-0.15, -0.1) is 12.4 Å². The Morgan fingerprint density at radius 3 is 3.14 bits per heavy atom. The van der Waals surface area contributed by atoms with Crippen LogP contribution in [0, 0.1) is 0 Å². The van der Waals surface area contributed by atoms with Gasteiger partial charge in [0.05, 0.1) is 12.8 Å². The van der Waals surface area contributed by atoms with Gasteiger partial charge in [0, 0.05) is 25.4 Å². The normalized spacial score (nSPS) is 18.6. The summed E-state index contributed by atoms with van der Waals surface area (Å²) in [5.74, 6) is -0.258. The van der Waals surface area contributed by atoms with Gasteiger partial charge in [-0.2, -0.15) is 5.10 Å². The van der Waals surface area contributed by atoms with E-state index < -0.39 is 0 Å². The fraction of sp³-hybridized carbons (Fsp3) is 0.500. The average molecular weight is 218 g/mol. The van der Waals surface area contributed by atoms with Crippen molar-refractivity contribution < 1.29 is 9.53 Å². The topological polar surface area (TPSA) is 56.1 Å². The van der Waals surface area contributed by atoms with Crippen LogP contribution >= 0.6 is 12.4 Å². The minimum absolute atomic E-state index is 0. The average Bonchev–Trinajstić information content (AvgIpc) is 2.61. The summed E-state index contributed by atoms with van der Waals surface area (Å²) < 4.78 is 6.37. The summed E-state index contributed by atoms with van der Waals surface area (Å²) in [5, 5.41) is 7.23. The van der Waals surface area contributed by atoms with E-state index in [2.05, 4.69) is 15.2 Å². The minimum atomic E-state index is -0.339. The van der Waals surface area contributed by atoms with E-state index in [9.17, 15) is 4.79 Å². The molecule has 0 amide bonds. The first kappa shape index (κ1) is 11.0. The van der Waals surface area contributed by atoms with Crippen LogP contribution in [0.25, 0.3) is 0 Å². The molecule has 78 valence electrons. The molecule has 0 saturated heterocycles. The van der Waals surface area contributed by atoms with Gasteiger partial charge in [-0.1, -0.05) is 0 Å². The van der Waals surface area contributed by atoms with E-state index in [0.717, 1.165) is 11.3 Å². The number of hydrogen-bond donors (Lipinski definition) is 1. The lowest BCUT2D eigenvalue weighted by Gasteiger charge is -2.07. The van der Waals surface area contributed by atoms with Crippen LogP contribution in [0.2, 0.25) is 0 Å². The number of aryl methyl sites for hydroxylation is 1. The number of methoxy groups -OCH3 is 1. The summed E-state index contributed by atoms with van der Waals surface area (Å²) in [7, 11) is 3.23. The van der Waals surface area contributed by atoms with Crippen molar-refractivity contribution in [1.82, 2.24) is 15.1 Å². The highest BCUT2D eigenvalue weighted by Crippen LogP contribution is 2.24. The van der Waals surface area contributed by atoms with Crippen molar-refractivity contribution in [3.05, 3.63) is 17.5 Å². The van der Waals surface area contributed by atoms with Gasteiger partial charge in [0.25, 0.3) is 0 Å². The molecule has 1 aliphatic rings. The fourth-order valence-electron chi connectivity index (χ4n) is 1.57. The molecule has 1 unspecified atom stereocenters. The van der Waals surface area contributed by atoms with Crippen LogP contribution in [0.15, 0.2) is 6.20 Å². The zero-order valence-electron chi connectivity index (χ0n) is 7.98. The summed E-state index contributed by atoms with van der Waals surface area (Å²) in [6.07, 6.45) is 1.84. The highest BCUT2D eigenvalue weighted by atomic mass is 35.5. The van der Waals surface area contributed by atoms with Crippen LogP contribution < -0.4 is 5.32 Å². The molecular weight excluding hydrogens is 206 g/mol. The largest absolute Gasteiger partial charge is 0.468 e. The van der Waals surface area contributed by atoms with Crippen molar-refractivity contribution in [3.8, 4) is 0 Å². The zero-order chi connectivity index (χ0) is 9.42. The molecule has 6 heteroatoms. The second-order valence-electron chi connectivity index (χ2n) is 3.04. The van der Waals surface area contributed by atoms with Crippen molar-refractivity contribution in [1.29, 1.82) is 0 Å². The highest BCUT2D eigenvalue weighted by molar-refractivity contribution is 5.85. The van der Waals surface area contributed by atoms with Crippen LogP contribution in [0.4, 0.5) is 0 Å². The van der Waals surface area contributed by atoms with Gasteiger partial charge in [-0.25, -0.2) is 4.79 Å². The lowest BCUT2D eigenvalue weighted by Crippen LogP contribution is -2.23. The molecule has 0 fully saturated rings. The third-order valence-electron chi connectivity index (χ3n) is 2.16. The number of halogens is 1. The molecule has 0 aromatic carbocycles. The number of carbonyl (C=O) groups is 1. The SMILES string of the molecule is COC(=O)C1NCc2nn(C)cc21.Cl. The quantitative estimate of drug-likeness (QED) is 0.681. The van der Waals surface area contributed by atoms with Crippen molar-refractivity contribution >= 4 is 18.4 Å². The Kier molecular flexibility index (Phi) is 3.13. The number of ether oxygens (including phenoxy) is 1. The van der Waals surface area contributed by atoms with Gasteiger partial charge in [-0.05, 0) is 0 Å². The number of rotatable bonds is 1. The Hall–Kier alpha value is -1.07. The van der Waals surface area contributed by atoms with Crippen molar-refractivity contribution in [2.45, 2.75) is 12.6 Å². The van der Waals surface area contributed by atoms with Crippen LogP contribution in [-0.2, 0) is 23.1 Å². The van der Waals surface area contributed by atoms with E-state index in [4.69, 9.17) is 0 Å². The summed E-state index contributed by atoms with van der Waals surface area (Å²) in [6, 6.07) is -0.339. The number of nitrogens with zero attached hydrogens (tertiary/aromatic N) is 2. The standard InChI is InChI=1S/C8H11N3O2.ClH/c1-11-4-5-6(10-11)3-9-7(5)8(12)13-2;/h4,7,9H,3H2,1-2H3;1H. The summed E-state index contributed by atoms with van der Waals surface area (Å²) in [6.45, 7) is 0.635. The van der Waals surface area contributed by atoms with E-state index in [1.807, 2.05) is 13.2 Å². The molecule has 1 aromatic rings. The molecule has 2 heterocycles. The molecular formula is C8H12ClN3O2. The molecule has 1 atom stereocenters. The zero-order valence-corrected chi connectivity index (χ0v) is 8.80. The molecule has 1 aromatic heterocycles. The first-order valence-electron chi connectivity index (χ1n) is 4.06. The Bertz CT molecular complexity index is 350. The Morgan fingerprint density at radius 2 is 2.50 bits per heavy atom. The van der Waals surface area contributed by atoms with Crippen molar-refractivity contribution in [2.24, 2.45) is 7.05 Å². The van der Waals surface area contributed by atoms with E-state index in [1.165, 1.54) is 7.11 Å². The van der Waals surface area contributed by atoms with Crippen LogP contribution in [0.3, 0.4) is 0 Å². The summed E-state index contributed by atoms with van der Waals surface area (Å²) in [5.41, 5.74) is 1.85. The smallest absolute Gasteiger partial charge is 0.327 e. The number of nitrogens with one attached hydrogen (secondary N) is 1. The molecule has 0 saturated carbocycles. The van der Waals surface area contributed by atoms with Gasteiger partial charge in [0.2, 0.25) is 0 Å². The first-order valence-corrected chi connectivity index (χ1v) is 4.06. The van der Waals surface area contributed by atoms with Crippen LogP contribution in [0.5, 0.6) is 0 Å². The summed E-state index contributed by atoms with van der Waals surface area (Å²) >= 11 is 0. The molecule has 0 radical (unpaired) electrons. The molecule has 0 aliphatic carbocycles. The molecule has 1 N–H and O–H groups in total. The maximum Gasteiger partial charge on any atom is 0.327 e. The van der Waals surface area contributed by atoms with Crippen molar-refractivity contribution in [2.75, 3.05) is 7.11 Å². The minimum Gasteiger partial charge on any atom is -0.468 e. The maximum absolute atomic E-state index is 11.3. The van der Waals surface area contributed by atoms with E-state index in [0.29, 0.717) is 6.54 Å². The number of fused-ring (bicyclic) bond motifs is 1. The fourth-order valence-corrected chi connectivity index (χ4v) is 1.57. The Balaban J connectivity index is 0.000000980. The Morgan fingerprint density at radius 1 is 1.79 bits per heavy atom. The molecule has 2 rings (SSSR count). The highest BCUT2D eigenvalue weighted by Gasteiger charge is 2.31. The molecule has 1 aliphatic heterocycles. The third-order valence-corrected chi connectivity index (χ3v) is 2.16. The second-order valence-corrected chi connectivity index (χ2v) is 3.04. The molecule has 0 bridgehead atoms. The number of carbonyl (C=O) groups excluding carboxylic acids is 1. The molecule has 5 nitrogen and oxygen atoms in total. The van der Waals surface area contributed by atoms with Gasteiger partial charge >= 0.3 is 5.97 Å². The molecule has 14 heavy (non-hydrogen) atoms. The van der Waals surface area contributed by atoms with Gasteiger partial charge in [0.1, 0.15) is 6.04 Å². The van der Waals surface area contributed by atoms with E-state index >= 15 is 0 Å². The van der Waals surface area contributed by atoms with E-state index in [-0.39, 0.29) is 24.4 Å². The predicted octanol–water partition coefficient (Wildman–Crippen LogP) is 0.159.